The first kappa shape index (κ1) is 18.1. The van der Waals surface area contributed by atoms with Crippen molar-refractivity contribution in [3.8, 4) is 5.69 Å². The lowest BCUT2D eigenvalue weighted by Gasteiger charge is -2.16. The van der Waals surface area contributed by atoms with Crippen LogP contribution in [0.5, 0.6) is 0 Å². The van der Waals surface area contributed by atoms with E-state index in [0.29, 0.717) is 11.0 Å². The van der Waals surface area contributed by atoms with Gasteiger partial charge >= 0.3 is 0 Å². The molecule has 0 aliphatic carbocycles. The zero-order valence-corrected chi connectivity index (χ0v) is 16.4. The minimum Gasteiger partial charge on any atom is -0.349 e. The number of para-hydroxylation sites is 1. The Morgan fingerprint density at radius 2 is 1.93 bits per heavy atom. The lowest BCUT2D eigenvalue weighted by molar-refractivity contribution is 0.810. The van der Waals surface area contributed by atoms with Gasteiger partial charge in [-0.1, -0.05) is 29.5 Å². The van der Waals surface area contributed by atoms with Gasteiger partial charge in [-0.05, 0) is 26.0 Å². The lowest BCUT2D eigenvalue weighted by atomic mass is 10.3. The van der Waals surface area contributed by atoms with Gasteiger partial charge in [0.25, 0.3) is 5.56 Å². The van der Waals surface area contributed by atoms with E-state index in [-0.39, 0.29) is 5.56 Å². The summed E-state index contributed by atoms with van der Waals surface area (Å²) in [6.07, 6.45) is 6.32. The highest BCUT2D eigenvalue weighted by molar-refractivity contribution is 7.17. The van der Waals surface area contributed by atoms with Crippen LogP contribution >= 0.6 is 11.3 Å². The Bertz CT molecular complexity index is 1170. The zero-order chi connectivity index (χ0) is 19.5. The van der Waals surface area contributed by atoms with Gasteiger partial charge in [-0.25, -0.2) is 14.6 Å². The van der Waals surface area contributed by atoms with E-state index in [2.05, 4.69) is 38.9 Å². The van der Waals surface area contributed by atoms with E-state index in [4.69, 9.17) is 0 Å². The molecule has 0 saturated carbocycles. The van der Waals surface area contributed by atoms with Gasteiger partial charge in [-0.2, -0.15) is 14.9 Å². The van der Waals surface area contributed by atoms with Gasteiger partial charge in [-0.3, -0.25) is 4.79 Å². The fourth-order valence-corrected chi connectivity index (χ4v) is 3.75. The summed E-state index contributed by atoms with van der Waals surface area (Å²) in [5, 5.41) is 9.92. The molecule has 0 fully saturated rings. The molecule has 0 atom stereocenters. The predicted molar refractivity (Wildman–Crippen MR) is 112 cm³/mol. The van der Waals surface area contributed by atoms with Crippen LogP contribution < -0.4 is 10.5 Å². The fraction of sp³-hybridized carbons (Fsp3) is 0.211. The number of fused-ring (bicyclic) bond motifs is 1. The topological polar surface area (TPSA) is 81.2 Å². The SMILES string of the molecule is CCN(CC)c1ncc(/C=N\n2cnc3c(cnn3-c3ccccc3)c2=O)s1. The molecule has 28 heavy (non-hydrogen) atoms. The molecule has 0 spiro atoms. The number of anilines is 1. The maximum atomic E-state index is 12.7. The first-order valence-electron chi connectivity index (χ1n) is 8.97. The Balaban J connectivity index is 1.65. The molecule has 0 radical (unpaired) electrons. The van der Waals surface area contributed by atoms with Gasteiger partial charge < -0.3 is 4.90 Å². The average molecular weight is 393 g/mol. The van der Waals surface area contributed by atoms with Crippen molar-refractivity contribution in [2.75, 3.05) is 18.0 Å². The fourth-order valence-electron chi connectivity index (χ4n) is 2.84. The van der Waals surface area contributed by atoms with Crippen molar-refractivity contribution in [2.45, 2.75) is 13.8 Å². The number of aromatic nitrogens is 5. The molecular weight excluding hydrogens is 374 g/mol. The zero-order valence-electron chi connectivity index (χ0n) is 15.6. The first-order chi connectivity index (χ1) is 13.7. The molecule has 1 aromatic carbocycles. The van der Waals surface area contributed by atoms with E-state index in [1.165, 1.54) is 28.5 Å². The van der Waals surface area contributed by atoms with Crippen LogP contribution in [0.1, 0.15) is 18.7 Å². The van der Waals surface area contributed by atoms with Gasteiger partial charge in [0.1, 0.15) is 11.7 Å². The minimum atomic E-state index is -0.267. The van der Waals surface area contributed by atoms with Crippen molar-refractivity contribution in [3.63, 3.8) is 0 Å². The normalized spacial score (nSPS) is 11.5. The van der Waals surface area contributed by atoms with Gasteiger partial charge in [0.15, 0.2) is 10.8 Å². The molecule has 0 saturated heterocycles. The second-order valence-corrected chi connectivity index (χ2v) is 7.03. The van der Waals surface area contributed by atoms with E-state index in [0.717, 1.165) is 28.8 Å². The second kappa shape index (κ2) is 7.73. The summed E-state index contributed by atoms with van der Waals surface area (Å²) in [6.45, 7) is 5.97. The average Bonchev–Trinajstić information content (AvgIpc) is 3.37. The van der Waals surface area contributed by atoms with Crippen LogP contribution in [0.15, 0.2) is 58.9 Å². The van der Waals surface area contributed by atoms with Gasteiger partial charge in [0.05, 0.1) is 23.0 Å². The van der Waals surface area contributed by atoms with Crippen LogP contribution in [-0.4, -0.2) is 43.7 Å². The molecule has 0 aliphatic heterocycles. The minimum absolute atomic E-state index is 0.267. The Kier molecular flexibility index (Phi) is 4.98. The second-order valence-electron chi connectivity index (χ2n) is 5.99. The summed E-state index contributed by atoms with van der Waals surface area (Å²) < 4.78 is 2.86. The van der Waals surface area contributed by atoms with Crippen molar-refractivity contribution in [3.05, 3.63) is 64.3 Å². The van der Waals surface area contributed by atoms with Crippen LogP contribution in [0.3, 0.4) is 0 Å². The van der Waals surface area contributed by atoms with Crippen LogP contribution in [0, 0.1) is 0 Å². The Morgan fingerprint density at radius 1 is 1.14 bits per heavy atom. The lowest BCUT2D eigenvalue weighted by Crippen LogP contribution is -2.21. The Labute approximate surface area is 165 Å². The summed E-state index contributed by atoms with van der Waals surface area (Å²) in [5.74, 6) is 0. The van der Waals surface area contributed by atoms with E-state index < -0.39 is 0 Å². The van der Waals surface area contributed by atoms with E-state index in [1.54, 1.807) is 17.1 Å². The van der Waals surface area contributed by atoms with Crippen LogP contribution in [-0.2, 0) is 0 Å². The quantitative estimate of drug-likeness (QED) is 0.471. The number of nitrogens with zero attached hydrogens (tertiary/aromatic N) is 7. The highest BCUT2D eigenvalue weighted by atomic mass is 32.1. The molecule has 0 bridgehead atoms. The summed E-state index contributed by atoms with van der Waals surface area (Å²) in [7, 11) is 0. The van der Waals surface area contributed by atoms with Crippen molar-refractivity contribution < 1.29 is 0 Å². The number of rotatable bonds is 6. The molecule has 8 nitrogen and oxygen atoms in total. The largest absolute Gasteiger partial charge is 0.349 e. The predicted octanol–water partition coefficient (Wildman–Crippen LogP) is 2.77. The monoisotopic (exact) mass is 393 g/mol. The Hall–Kier alpha value is -3.33. The highest BCUT2D eigenvalue weighted by Gasteiger charge is 2.11. The van der Waals surface area contributed by atoms with E-state index in [9.17, 15) is 4.79 Å². The maximum absolute atomic E-state index is 12.7. The van der Waals surface area contributed by atoms with Crippen molar-refractivity contribution in [1.82, 2.24) is 24.4 Å². The van der Waals surface area contributed by atoms with Crippen molar-refractivity contribution in [1.29, 1.82) is 0 Å². The summed E-state index contributed by atoms with van der Waals surface area (Å²) in [5.41, 5.74) is 1.08. The van der Waals surface area contributed by atoms with E-state index >= 15 is 0 Å². The Morgan fingerprint density at radius 3 is 2.68 bits per heavy atom. The molecule has 0 unspecified atom stereocenters. The van der Waals surface area contributed by atoms with Gasteiger partial charge in [-0.15, -0.1) is 0 Å². The van der Waals surface area contributed by atoms with Crippen LogP contribution in [0.4, 0.5) is 5.13 Å². The third-order valence-corrected chi connectivity index (χ3v) is 5.32. The molecular formula is C19H19N7OS. The summed E-state index contributed by atoms with van der Waals surface area (Å²) in [4.78, 5) is 24.6. The van der Waals surface area contributed by atoms with Crippen LogP contribution in [0.25, 0.3) is 16.7 Å². The summed E-state index contributed by atoms with van der Waals surface area (Å²) >= 11 is 1.53. The smallest absolute Gasteiger partial charge is 0.285 e. The molecule has 142 valence electrons. The molecule has 4 aromatic rings. The maximum Gasteiger partial charge on any atom is 0.285 e. The van der Waals surface area contributed by atoms with Crippen LogP contribution in [0.2, 0.25) is 0 Å². The van der Waals surface area contributed by atoms with E-state index in [1.807, 2.05) is 30.3 Å². The first-order valence-corrected chi connectivity index (χ1v) is 9.78. The third-order valence-electron chi connectivity index (χ3n) is 4.33. The molecule has 0 amide bonds. The van der Waals surface area contributed by atoms with Gasteiger partial charge in [0, 0.05) is 19.3 Å². The standard InChI is InChI=1S/C19H19N7OS/c1-3-24(4-2)19-20-10-15(28-19)11-22-25-13-21-17-16(18(25)27)12-23-26(17)14-8-6-5-7-9-14/h5-13H,3-4H2,1-2H3/b22-11-. The van der Waals surface area contributed by atoms with Crippen molar-refractivity contribution >= 4 is 33.7 Å². The molecule has 0 N–H and O–H groups in total. The molecule has 3 aromatic heterocycles. The molecule has 3 heterocycles. The number of benzene rings is 1. The molecule has 0 aliphatic rings. The van der Waals surface area contributed by atoms with Crippen molar-refractivity contribution in [2.24, 2.45) is 5.10 Å². The molecule has 9 heteroatoms. The molecule has 4 rings (SSSR count). The highest BCUT2D eigenvalue weighted by Crippen LogP contribution is 2.20. The summed E-state index contributed by atoms with van der Waals surface area (Å²) in [6, 6.07) is 9.57. The number of thiazole rings is 1. The number of hydrogen-bond donors (Lipinski definition) is 0. The third kappa shape index (κ3) is 3.31. The number of hydrogen-bond acceptors (Lipinski definition) is 7. The van der Waals surface area contributed by atoms with Gasteiger partial charge in [0.2, 0.25) is 0 Å².